The van der Waals surface area contributed by atoms with Crippen molar-refractivity contribution in [1.82, 2.24) is 4.98 Å². The number of hydrogen-bond acceptors (Lipinski definition) is 11. The van der Waals surface area contributed by atoms with Gasteiger partial charge in [-0.25, -0.2) is 4.98 Å². The van der Waals surface area contributed by atoms with E-state index in [0.29, 0.717) is 16.6 Å². The van der Waals surface area contributed by atoms with Gasteiger partial charge in [-0.15, -0.1) is 11.3 Å². The first-order chi connectivity index (χ1) is 19.4. The van der Waals surface area contributed by atoms with E-state index < -0.39 is 40.2 Å². The number of phenols is 2. The number of phenolic OH excluding ortho intramolecular Hbond substituents is 2. The minimum atomic E-state index is -1.66. The molecule has 11 nitrogen and oxygen atoms in total. The molecule has 1 aromatic heterocycles. The number of aromatic hydroxyl groups is 2. The molecule has 0 radical (unpaired) electrons. The van der Waals surface area contributed by atoms with Crippen molar-refractivity contribution in [3.63, 3.8) is 0 Å². The third-order valence-corrected chi connectivity index (χ3v) is 7.88. The Hall–Kier alpha value is -4.97. The summed E-state index contributed by atoms with van der Waals surface area (Å²) < 4.78 is 11.2. The van der Waals surface area contributed by atoms with Crippen LogP contribution < -0.4 is 20.1 Å². The molecule has 0 saturated carbocycles. The number of ether oxygens (including phenoxy) is 2. The lowest BCUT2D eigenvalue weighted by atomic mass is 9.70. The number of allylic oxidation sites excluding steroid dienone is 4. The Bertz CT molecular complexity index is 1740. The van der Waals surface area contributed by atoms with Crippen molar-refractivity contribution in [3.05, 3.63) is 75.1 Å². The molecule has 0 spiro atoms. The predicted molar refractivity (Wildman–Crippen MR) is 150 cm³/mol. The average molecular weight is 576 g/mol. The quantitative estimate of drug-likeness (QED) is 0.188. The van der Waals surface area contributed by atoms with Crippen LogP contribution in [-0.2, 0) is 15.0 Å². The van der Waals surface area contributed by atoms with Gasteiger partial charge in [-0.2, -0.15) is 0 Å². The third kappa shape index (κ3) is 4.23. The Morgan fingerprint density at radius 3 is 2.49 bits per heavy atom. The van der Waals surface area contributed by atoms with Gasteiger partial charge >= 0.3 is 0 Å². The molecule has 0 unspecified atom stereocenters. The Morgan fingerprint density at radius 1 is 1.12 bits per heavy atom. The maximum absolute atomic E-state index is 14.1. The number of ketones is 3. The van der Waals surface area contributed by atoms with E-state index >= 15 is 0 Å². The van der Waals surface area contributed by atoms with Crippen LogP contribution >= 0.6 is 11.3 Å². The molecule has 41 heavy (non-hydrogen) atoms. The van der Waals surface area contributed by atoms with Gasteiger partial charge in [0, 0.05) is 34.5 Å². The SMILES string of the molecule is COc1ccc(C(=O)Nc2nccs2)cc1N/C(C)=C1\C(=O)C=C2Oc3c(C(C)=O)c(O)c(C)c(O)c3[C@@]2(C)C1=O. The van der Waals surface area contributed by atoms with Crippen LogP contribution in [0.4, 0.5) is 10.8 Å². The first-order valence-electron chi connectivity index (χ1n) is 12.4. The minimum Gasteiger partial charge on any atom is -0.507 e. The lowest BCUT2D eigenvalue weighted by Crippen LogP contribution is -2.40. The molecule has 1 aliphatic heterocycles. The van der Waals surface area contributed by atoms with Crippen LogP contribution in [0.15, 0.2) is 52.9 Å². The van der Waals surface area contributed by atoms with Gasteiger partial charge in [-0.3, -0.25) is 24.5 Å². The molecular weight excluding hydrogens is 550 g/mol. The van der Waals surface area contributed by atoms with Crippen molar-refractivity contribution in [2.24, 2.45) is 0 Å². The van der Waals surface area contributed by atoms with E-state index in [-0.39, 0.29) is 45.0 Å². The second-order valence-electron chi connectivity index (χ2n) is 9.72. The largest absolute Gasteiger partial charge is 0.507 e. The topological polar surface area (TPSA) is 164 Å². The van der Waals surface area contributed by atoms with Crippen LogP contribution in [0.5, 0.6) is 23.0 Å². The number of nitrogens with one attached hydrogen (secondary N) is 2. The lowest BCUT2D eigenvalue weighted by Gasteiger charge is -2.29. The molecule has 3 aromatic rings. The summed E-state index contributed by atoms with van der Waals surface area (Å²) in [5.41, 5.74) is -1.34. The standard InChI is InChI=1S/C29H25N3O8S/c1-12-23(35)21(14(3)33)25-22(24(12)36)29(4)19(40-25)11-17(34)20(26(29)37)13(2)31-16-10-15(6-7-18(16)39-5)27(38)32-28-30-8-9-41-28/h6-11,31,35-36H,1-5H3,(H,30,32,38)/b20-13+/t29-/m0/s1. The summed E-state index contributed by atoms with van der Waals surface area (Å²) in [4.78, 5) is 56.5. The highest BCUT2D eigenvalue weighted by molar-refractivity contribution is 7.13. The van der Waals surface area contributed by atoms with Gasteiger partial charge in [-0.1, -0.05) is 0 Å². The van der Waals surface area contributed by atoms with Crippen LogP contribution in [0, 0.1) is 6.92 Å². The van der Waals surface area contributed by atoms with E-state index in [2.05, 4.69) is 15.6 Å². The van der Waals surface area contributed by atoms with E-state index in [1.54, 1.807) is 23.7 Å². The molecule has 5 rings (SSSR count). The van der Waals surface area contributed by atoms with Crippen LogP contribution in [0.1, 0.15) is 52.6 Å². The molecule has 1 aliphatic carbocycles. The maximum Gasteiger partial charge on any atom is 0.257 e. The summed E-state index contributed by atoms with van der Waals surface area (Å²) in [6.07, 6.45) is 2.70. The summed E-state index contributed by atoms with van der Waals surface area (Å²) in [7, 11) is 1.44. The number of anilines is 2. The number of Topliss-reactive ketones (excluding diaryl/α,β-unsaturated/α-hetero) is 2. The van der Waals surface area contributed by atoms with Gasteiger partial charge in [0.05, 0.1) is 23.9 Å². The number of benzene rings is 2. The van der Waals surface area contributed by atoms with Crippen molar-refractivity contribution in [3.8, 4) is 23.0 Å². The van der Waals surface area contributed by atoms with Crippen LogP contribution in [-0.4, -0.2) is 45.6 Å². The fourth-order valence-electron chi connectivity index (χ4n) is 5.03. The van der Waals surface area contributed by atoms with Crippen LogP contribution in [0.3, 0.4) is 0 Å². The Labute approximate surface area is 238 Å². The zero-order chi connectivity index (χ0) is 29.8. The number of fused-ring (bicyclic) bond motifs is 3. The monoisotopic (exact) mass is 575 g/mol. The number of methoxy groups -OCH3 is 1. The van der Waals surface area contributed by atoms with E-state index in [4.69, 9.17) is 9.47 Å². The number of carbonyl (C=O) groups is 4. The van der Waals surface area contributed by atoms with Crippen LogP contribution in [0.2, 0.25) is 0 Å². The average Bonchev–Trinajstić information content (AvgIpc) is 3.53. The molecule has 210 valence electrons. The summed E-state index contributed by atoms with van der Waals surface area (Å²) in [6, 6.07) is 4.64. The molecule has 2 heterocycles. The number of hydrogen-bond donors (Lipinski definition) is 4. The molecule has 0 saturated heterocycles. The summed E-state index contributed by atoms with van der Waals surface area (Å²) in [5.74, 6) is -3.08. The molecule has 4 N–H and O–H groups in total. The van der Waals surface area contributed by atoms with E-state index in [9.17, 15) is 29.4 Å². The first-order valence-corrected chi connectivity index (χ1v) is 13.2. The fourth-order valence-corrected chi connectivity index (χ4v) is 5.55. The van der Waals surface area contributed by atoms with E-state index in [0.717, 1.165) is 6.08 Å². The Kier molecular flexibility index (Phi) is 6.66. The number of carbonyl (C=O) groups excluding carboxylic acids is 4. The Morgan fingerprint density at radius 2 is 1.85 bits per heavy atom. The fraction of sp³-hybridized carbons (Fsp3) is 0.207. The summed E-state index contributed by atoms with van der Waals surface area (Å²) in [6.45, 7) is 5.64. The van der Waals surface area contributed by atoms with Gasteiger partial charge in [-0.05, 0) is 45.9 Å². The van der Waals surface area contributed by atoms with Crippen molar-refractivity contribution >= 4 is 45.4 Å². The highest BCUT2D eigenvalue weighted by Gasteiger charge is 2.56. The molecule has 1 amide bonds. The molecule has 0 fully saturated rings. The number of rotatable bonds is 6. The number of nitrogens with zero attached hydrogens (tertiary/aromatic N) is 1. The number of amides is 1. The van der Waals surface area contributed by atoms with Gasteiger partial charge < -0.3 is 25.0 Å². The molecule has 2 aliphatic rings. The molecular formula is C29H25N3O8S. The molecule has 0 bridgehead atoms. The first kappa shape index (κ1) is 27.6. The van der Waals surface area contributed by atoms with E-state index in [1.165, 1.54) is 52.2 Å². The highest BCUT2D eigenvalue weighted by Crippen LogP contribution is 2.57. The smallest absolute Gasteiger partial charge is 0.257 e. The normalized spacial score (nSPS) is 18.6. The van der Waals surface area contributed by atoms with Crippen molar-refractivity contribution in [2.45, 2.75) is 33.1 Å². The number of thiazole rings is 1. The van der Waals surface area contributed by atoms with Crippen LogP contribution in [0.25, 0.3) is 0 Å². The van der Waals surface area contributed by atoms with Gasteiger partial charge in [0.15, 0.2) is 22.5 Å². The molecule has 2 aromatic carbocycles. The van der Waals surface area contributed by atoms with Gasteiger partial charge in [0.1, 0.15) is 39.7 Å². The van der Waals surface area contributed by atoms with E-state index in [1.807, 2.05) is 0 Å². The highest BCUT2D eigenvalue weighted by atomic mass is 32.1. The Balaban J connectivity index is 1.58. The molecule has 12 heteroatoms. The van der Waals surface area contributed by atoms with Crippen molar-refractivity contribution in [1.29, 1.82) is 0 Å². The second-order valence-corrected chi connectivity index (χ2v) is 10.6. The summed E-state index contributed by atoms with van der Waals surface area (Å²) >= 11 is 1.26. The van der Waals surface area contributed by atoms with Crippen molar-refractivity contribution < 1.29 is 38.9 Å². The summed E-state index contributed by atoms with van der Waals surface area (Å²) in [5, 5.41) is 29.4. The second kappa shape index (κ2) is 9.89. The number of aromatic nitrogens is 1. The third-order valence-electron chi connectivity index (χ3n) is 7.20. The van der Waals surface area contributed by atoms with Crippen molar-refractivity contribution in [2.75, 3.05) is 17.7 Å². The zero-order valence-corrected chi connectivity index (χ0v) is 23.5. The zero-order valence-electron chi connectivity index (χ0n) is 22.7. The lowest BCUT2D eigenvalue weighted by molar-refractivity contribution is -0.123. The maximum atomic E-state index is 14.1. The molecule has 1 atom stereocenters. The minimum absolute atomic E-state index is 0.00248. The van der Waals surface area contributed by atoms with Gasteiger partial charge in [0.25, 0.3) is 5.91 Å². The van der Waals surface area contributed by atoms with Gasteiger partial charge in [0.2, 0.25) is 0 Å². The predicted octanol–water partition coefficient (Wildman–Crippen LogP) is 4.40.